The van der Waals surface area contributed by atoms with Gasteiger partial charge in [-0.05, 0) is 51.4 Å². The lowest BCUT2D eigenvalue weighted by Gasteiger charge is -2.32. The molecule has 0 spiro atoms. The van der Waals surface area contributed by atoms with Crippen LogP contribution in [0.4, 0.5) is 5.69 Å². The lowest BCUT2D eigenvalue weighted by molar-refractivity contribution is -0.109. The zero-order valence-corrected chi connectivity index (χ0v) is 16.4. The number of methoxy groups -OCH3 is 1. The van der Waals surface area contributed by atoms with E-state index in [1.54, 1.807) is 12.1 Å². The summed E-state index contributed by atoms with van der Waals surface area (Å²) in [5.74, 6) is 0.821. The predicted octanol–water partition coefficient (Wildman–Crippen LogP) is 2.97. The summed E-state index contributed by atoms with van der Waals surface area (Å²) in [5, 5.41) is 0.0327. The van der Waals surface area contributed by atoms with E-state index in [-0.39, 0.29) is 5.12 Å². The van der Waals surface area contributed by atoms with Gasteiger partial charge in [0.15, 0.2) is 5.12 Å². The molecule has 136 valence electrons. The summed E-state index contributed by atoms with van der Waals surface area (Å²) in [5.41, 5.74) is 6.87. The minimum absolute atomic E-state index is 0.0327. The van der Waals surface area contributed by atoms with Gasteiger partial charge in [0.05, 0.1) is 29.7 Å². The topological polar surface area (TPSA) is 83.7 Å². The SMILES string of the molecule is COc1nc(C=C(CSC(C)=O)B2OC(C)(C)C(C)(C)O2)ccc1N. The van der Waals surface area contributed by atoms with Crippen LogP contribution in [-0.4, -0.2) is 41.3 Å². The minimum atomic E-state index is -0.540. The molecular weight excluding hydrogens is 339 g/mol. The molecular formula is C17H25BN2O4S. The smallest absolute Gasteiger partial charge is 0.480 e. The van der Waals surface area contributed by atoms with Crippen molar-refractivity contribution in [1.82, 2.24) is 4.98 Å². The van der Waals surface area contributed by atoms with Crippen molar-refractivity contribution >= 4 is 35.8 Å². The van der Waals surface area contributed by atoms with Crippen LogP contribution < -0.4 is 10.5 Å². The number of carbonyl (C=O) groups is 1. The number of carbonyl (C=O) groups excluding carboxylic acids is 1. The Hall–Kier alpha value is -1.51. The number of nitrogens with zero attached hydrogens (tertiary/aromatic N) is 1. The number of hydrogen-bond acceptors (Lipinski definition) is 7. The van der Waals surface area contributed by atoms with Gasteiger partial charge < -0.3 is 19.8 Å². The Balaban J connectivity index is 2.35. The normalized spacial score (nSPS) is 19.1. The number of ether oxygens (including phenoxy) is 1. The van der Waals surface area contributed by atoms with E-state index in [2.05, 4.69) is 4.98 Å². The minimum Gasteiger partial charge on any atom is -0.480 e. The summed E-state index contributed by atoms with van der Waals surface area (Å²) in [7, 11) is 0.981. The monoisotopic (exact) mass is 364 g/mol. The molecule has 0 aliphatic carbocycles. The number of nitrogens with two attached hydrogens (primary N) is 1. The van der Waals surface area contributed by atoms with E-state index in [9.17, 15) is 4.79 Å². The maximum Gasteiger partial charge on any atom is 0.491 e. The van der Waals surface area contributed by atoms with E-state index in [0.717, 1.165) is 5.47 Å². The number of hydrogen-bond donors (Lipinski definition) is 1. The first-order valence-electron chi connectivity index (χ1n) is 8.06. The first-order chi connectivity index (χ1) is 11.6. The van der Waals surface area contributed by atoms with Gasteiger partial charge in [-0.15, -0.1) is 0 Å². The molecule has 2 rings (SSSR count). The van der Waals surface area contributed by atoms with Crippen LogP contribution in [0.2, 0.25) is 0 Å². The van der Waals surface area contributed by atoms with Crippen LogP contribution in [0.25, 0.3) is 6.08 Å². The standard InChI is InChI=1S/C17H25BN2O4S/c1-11(21)25-10-12(18-23-16(2,3)17(4,5)24-18)9-13-7-8-14(19)15(20-13)22-6/h7-9H,10,19H2,1-6H3. The molecule has 1 aliphatic rings. The van der Waals surface area contributed by atoms with E-state index in [0.29, 0.717) is 23.0 Å². The van der Waals surface area contributed by atoms with Crippen molar-refractivity contribution in [2.24, 2.45) is 0 Å². The highest BCUT2D eigenvalue weighted by Crippen LogP contribution is 2.39. The summed E-state index contributed by atoms with van der Waals surface area (Å²) in [6, 6.07) is 3.53. The number of nitrogen functional groups attached to an aromatic ring is 1. The maximum atomic E-state index is 11.4. The van der Waals surface area contributed by atoms with Gasteiger partial charge in [-0.1, -0.05) is 11.8 Å². The van der Waals surface area contributed by atoms with Gasteiger partial charge in [0.25, 0.3) is 0 Å². The molecule has 0 aromatic carbocycles. The third-order valence-corrected chi connectivity index (χ3v) is 5.32. The van der Waals surface area contributed by atoms with Gasteiger partial charge in [-0.25, -0.2) is 4.98 Å². The second kappa shape index (κ2) is 7.39. The van der Waals surface area contributed by atoms with Crippen molar-refractivity contribution in [2.45, 2.75) is 45.8 Å². The second-order valence-electron chi connectivity index (χ2n) is 6.92. The number of thioether (sulfide) groups is 1. The molecule has 1 aromatic rings. The van der Waals surface area contributed by atoms with Gasteiger partial charge >= 0.3 is 7.12 Å². The molecule has 0 radical (unpaired) electrons. The highest BCUT2D eigenvalue weighted by atomic mass is 32.2. The number of rotatable bonds is 5. The van der Waals surface area contributed by atoms with Crippen LogP contribution in [0.15, 0.2) is 17.6 Å². The number of pyridine rings is 1. The van der Waals surface area contributed by atoms with Gasteiger partial charge in [-0.2, -0.15) is 0 Å². The summed E-state index contributed by atoms with van der Waals surface area (Å²) in [6.07, 6.45) is 1.86. The molecule has 1 saturated heterocycles. The zero-order chi connectivity index (χ0) is 18.8. The molecule has 0 bridgehead atoms. The molecule has 0 atom stereocenters. The Morgan fingerprint density at radius 2 is 1.92 bits per heavy atom. The van der Waals surface area contributed by atoms with Crippen LogP contribution in [0.3, 0.4) is 0 Å². The average Bonchev–Trinajstić information content (AvgIpc) is 2.73. The molecule has 2 heterocycles. The Morgan fingerprint density at radius 1 is 1.32 bits per heavy atom. The van der Waals surface area contributed by atoms with E-state index in [1.807, 2.05) is 33.8 Å². The van der Waals surface area contributed by atoms with Gasteiger partial charge in [0.1, 0.15) is 0 Å². The van der Waals surface area contributed by atoms with Crippen LogP contribution in [-0.2, 0) is 14.1 Å². The summed E-state index contributed by atoms with van der Waals surface area (Å²) >= 11 is 1.21. The van der Waals surface area contributed by atoms with Crippen LogP contribution in [0, 0.1) is 0 Å². The average molecular weight is 364 g/mol. The molecule has 25 heavy (non-hydrogen) atoms. The Bertz CT molecular complexity index is 675. The van der Waals surface area contributed by atoms with E-state index in [1.165, 1.54) is 25.8 Å². The fourth-order valence-corrected chi connectivity index (χ4v) is 2.85. The van der Waals surface area contributed by atoms with Crippen molar-refractivity contribution in [3.63, 3.8) is 0 Å². The number of anilines is 1. The number of aromatic nitrogens is 1. The fourth-order valence-electron chi connectivity index (χ4n) is 2.26. The first kappa shape index (κ1) is 19.8. The molecule has 2 N–H and O–H groups in total. The zero-order valence-electron chi connectivity index (χ0n) is 15.6. The molecule has 0 amide bonds. The van der Waals surface area contributed by atoms with Crippen molar-refractivity contribution in [2.75, 3.05) is 18.6 Å². The van der Waals surface area contributed by atoms with Gasteiger partial charge in [0, 0.05) is 12.7 Å². The third-order valence-electron chi connectivity index (χ3n) is 4.44. The van der Waals surface area contributed by atoms with Crippen molar-refractivity contribution in [3.05, 3.63) is 23.3 Å². The Morgan fingerprint density at radius 3 is 2.44 bits per heavy atom. The molecule has 0 saturated carbocycles. The van der Waals surface area contributed by atoms with E-state index < -0.39 is 18.3 Å². The van der Waals surface area contributed by atoms with Gasteiger partial charge in [-0.3, -0.25) is 4.79 Å². The van der Waals surface area contributed by atoms with Crippen LogP contribution >= 0.6 is 11.8 Å². The summed E-state index contributed by atoms with van der Waals surface area (Å²) < 4.78 is 17.4. The quantitative estimate of drug-likeness (QED) is 0.804. The lowest BCUT2D eigenvalue weighted by Crippen LogP contribution is -2.41. The Kier molecular flexibility index (Phi) is 5.86. The highest BCUT2D eigenvalue weighted by Gasteiger charge is 2.52. The molecule has 6 nitrogen and oxygen atoms in total. The largest absolute Gasteiger partial charge is 0.491 e. The molecule has 1 fully saturated rings. The van der Waals surface area contributed by atoms with Gasteiger partial charge in [0.2, 0.25) is 5.88 Å². The molecule has 1 aromatic heterocycles. The highest BCUT2D eigenvalue weighted by molar-refractivity contribution is 8.13. The lowest BCUT2D eigenvalue weighted by atomic mass is 9.78. The fraction of sp³-hybridized carbons (Fsp3) is 0.529. The van der Waals surface area contributed by atoms with E-state index >= 15 is 0 Å². The van der Waals surface area contributed by atoms with Crippen LogP contribution in [0.1, 0.15) is 40.3 Å². The Labute approximate surface area is 153 Å². The van der Waals surface area contributed by atoms with Crippen LogP contribution in [0.5, 0.6) is 5.88 Å². The summed E-state index contributed by atoms with van der Waals surface area (Å²) in [6.45, 7) is 9.51. The maximum absolute atomic E-state index is 11.4. The predicted molar refractivity (Wildman–Crippen MR) is 102 cm³/mol. The molecule has 0 unspecified atom stereocenters. The van der Waals surface area contributed by atoms with Crippen molar-refractivity contribution in [3.8, 4) is 5.88 Å². The molecule has 1 aliphatic heterocycles. The third kappa shape index (κ3) is 4.57. The second-order valence-corrected chi connectivity index (χ2v) is 8.07. The van der Waals surface area contributed by atoms with Crippen molar-refractivity contribution < 1.29 is 18.8 Å². The molecule has 8 heteroatoms. The first-order valence-corrected chi connectivity index (χ1v) is 9.04. The summed E-state index contributed by atoms with van der Waals surface area (Å²) in [4.78, 5) is 15.8. The van der Waals surface area contributed by atoms with Crippen molar-refractivity contribution in [1.29, 1.82) is 0 Å². The van der Waals surface area contributed by atoms with E-state index in [4.69, 9.17) is 19.8 Å².